The number of rotatable bonds is 4. The lowest BCUT2D eigenvalue weighted by Gasteiger charge is -2.38. The topological polar surface area (TPSA) is 121 Å². The summed E-state index contributed by atoms with van der Waals surface area (Å²) >= 11 is 0. The lowest BCUT2D eigenvalue weighted by molar-refractivity contribution is -0.133. The van der Waals surface area contributed by atoms with E-state index in [0.29, 0.717) is 18.6 Å². The largest absolute Gasteiger partial charge is 0.444 e. The van der Waals surface area contributed by atoms with Crippen LogP contribution in [0.3, 0.4) is 0 Å². The van der Waals surface area contributed by atoms with Gasteiger partial charge in [-0.1, -0.05) is 27.7 Å². The van der Waals surface area contributed by atoms with E-state index < -0.39 is 29.4 Å². The molecule has 2 saturated heterocycles. The lowest BCUT2D eigenvalue weighted by atomic mass is 10.0. The number of nitriles is 1. The second-order valence-electron chi connectivity index (χ2n) is 10.3. The van der Waals surface area contributed by atoms with Crippen molar-refractivity contribution in [2.24, 2.45) is 0 Å². The summed E-state index contributed by atoms with van der Waals surface area (Å²) < 4.78 is 26.7. The van der Waals surface area contributed by atoms with Crippen molar-refractivity contribution < 1.29 is 23.5 Å². The molecule has 0 aliphatic carbocycles. The van der Waals surface area contributed by atoms with Gasteiger partial charge in [-0.25, -0.2) is 14.2 Å². The van der Waals surface area contributed by atoms with E-state index in [9.17, 15) is 14.9 Å². The van der Waals surface area contributed by atoms with Crippen molar-refractivity contribution >= 4 is 28.6 Å². The van der Waals surface area contributed by atoms with Gasteiger partial charge in [-0.05, 0) is 39.8 Å². The normalized spacial score (nSPS) is 22.3. The summed E-state index contributed by atoms with van der Waals surface area (Å²) in [6.07, 6.45) is 1.99. The zero-order chi connectivity index (χ0) is 30.1. The van der Waals surface area contributed by atoms with Crippen LogP contribution in [0.5, 0.6) is 0 Å². The van der Waals surface area contributed by atoms with E-state index >= 15 is 4.39 Å². The van der Waals surface area contributed by atoms with Gasteiger partial charge in [0.2, 0.25) is 5.67 Å². The number of nitrogens with zero attached hydrogens (tertiary/aromatic N) is 5. The highest BCUT2D eigenvalue weighted by Crippen LogP contribution is 2.30. The summed E-state index contributed by atoms with van der Waals surface area (Å²) in [5.74, 6) is -0.767. The Hall–Kier alpha value is -3.52. The van der Waals surface area contributed by atoms with Gasteiger partial charge in [-0.15, -0.1) is 0 Å². The average molecular weight is 559 g/mol. The Morgan fingerprint density at radius 3 is 2.60 bits per heavy atom. The zero-order valence-corrected chi connectivity index (χ0v) is 25.0. The molecule has 2 aromatic heterocycles. The molecule has 2 aromatic rings. The SMILES string of the molecule is CC.CC.CC1CN(c2cnc(C#N)c3ncccc23)CC(CNC(=O)C2(F)CCN(C(=O)OC(C)(C)C)C2)O1. The van der Waals surface area contributed by atoms with Crippen LogP contribution in [0, 0.1) is 11.3 Å². The maximum atomic E-state index is 15.4. The number of alkyl halides is 1. The second-order valence-corrected chi connectivity index (χ2v) is 10.3. The van der Waals surface area contributed by atoms with E-state index in [1.54, 1.807) is 39.2 Å². The number of anilines is 1. The van der Waals surface area contributed by atoms with Crippen LogP contribution in [0.4, 0.5) is 14.9 Å². The van der Waals surface area contributed by atoms with Crippen molar-refractivity contribution in [1.82, 2.24) is 20.2 Å². The van der Waals surface area contributed by atoms with Crippen LogP contribution in [0.15, 0.2) is 24.5 Å². The first-order valence-electron chi connectivity index (χ1n) is 14.0. The first kappa shape index (κ1) is 32.7. The molecule has 3 atom stereocenters. The number of likely N-dealkylation sites (tertiary alicyclic amines) is 1. The van der Waals surface area contributed by atoms with Gasteiger partial charge < -0.3 is 24.6 Å². The minimum absolute atomic E-state index is 0.0952. The predicted octanol–water partition coefficient (Wildman–Crippen LogP) is 4.61. The molecule has 220 valence electrons. The van der Waals surface area contributed by atoms with E-state index in [0.717, 1.165) is 11.1 Å². The number of ether oxygens (including phenoxy) is 2. The number of carbonyl (C=O) groups is 2. The third kappa shape index (κ3) is 8.01. The summed E-state index contributed by atoms with van der Waals surface area (Å²) in [5.41, 5.74) is -1.29. The molecule has 0 spiro atoms. The van der Waals surface area contributed by atoms with Gasteiger partial charge in [0.1, 0.15) is 17.2 Å². The first-order chi connectivity index (χ1) is 19.0. The minimum Gasteiger partial charge on any atom is -0.444 e. The van der Waals surface area contributed by atoms with Crippen molar-refractivity contribution in [2.75, 3.05) is 37.6 Å². The Bertz CT molecular complexity index is 1200. The van der Waals surface area contributed by atoms with Gasteiger partial charge in [-0.3, -0.25) is 9.78 Å². The van der Waals surface area contributed by atoms with Crippen molar-refractivity contribution in [3.8, 4) is 6.07 Å². The van der Waals surface area contributed by atoms with Crippen molar-refractivity contribution in [3.63, 3.8) is 0 Å². The van der Waals surface area contributed by atoms with Crippen molar-refractivity contribution in [3.05, 3.63) is 30.2 Å². The van der Waals surface area contributed by atoms with E-state index in [1.807, 2.05) is 40.7 Å². The number of pyridine rings is 2. The van der Waals surface area contributed by atoms with E-state index in [-0.39, 0.29) is 37.9 Å². The zero-order valence-electron chi connectivity index (χ0n) is 25.0. The highest BCUT2D eigenvalue weighted by atomic mass is 19.1. The molecule has 40 heavy (non-hydrogen) atoms. The van der Waals surface area contributed by atoms with Gasteiger partial charge >= 0.3 is 6.09 Å². The Morgan fingerprint density at radius 1 is 1.25 bits per heavy atom. The Balaban J connectivity index is 0.00000134. The standard InChI is InChI=1S/C25H31FN6O4.2C2H6/c1-16-13-32(20-12-29-19(10-27)21-18(20)6-5-8-28-21)14-17(35-16)11-30-22(33)25(26)7-9-31(15-25)23(34)36-24(2,3)4;2*1-2/h5-6,8,12,16-17H,7,9,11,13-15H2,1-4H3,(H,30,33);2*1-2H3. The summed E-state index contributed by atoms with van der Waals surface area (Å²) in [6, 6.07) is 5.76. The number of hydrogen-bond donors (Lipinski definition) is 1. The number of fused-ring (bicyclic) bond motifs is 1. The van der Waals surface area contributed by atoms with Crippen LogP contribution in [0.25, 0.3) is 10.9 Å². The first-order valence-corrected chi connectivity index (χ1v) is 14.0. The summed E-state index contributed by atoms with van der Waals surface area (Å²) in [6.45, 7) is 16.0. The van der Waals surface area contributed by atoms with Crippen LogP contribution in [-0.4, -0.2) is 83.1 Å². The van der Waals surface area contributed by atoms with Gasteiger partial charge in [-0.2, -0.15) is 5.26 Å². The fourth-order valence-electron chi connectivity index (χ4n) is 4.55. The monoisotopic (exact) mass is 558 g/mol. The van der Waals surface area contributed by atoms with Crippen LogP contribution in [0.1, 0.15) is 67.5 Å². The van der Waals surface area contributed by atoms with Gasteiger partial charge in [0.25, 0.3) is 5.91 Å². The summed E-state index contributed by atoms with van der Waals surface area (Å²) in [5, 5.41) is 12.8. The summed E-state index contributed by atoms with van der Waals surface area (Å²) in [4.78, 5) is 36.9. The van der Waals surface area contributed by atoms with Gasteiger partial charge in [0.15, 0.2) is 5.69 Å². The quantitative estimate of drug-likeness (QED) is 0.578. The van der Waals surface area contributed by atoms with Gasteiger partial charge in [0.05, 0.1) is 30.6 Å². The molecule has 1 N–H and O–H groups in total. The van der Waals surface area contributed by atoms with Crippen molar-refractivity contribution in [2.45, 2.75) is 85.3 Å². The van der Waals surface area contributed by atoms with Crippen LogP contribution in [0.2, 0.25) is 0 Å². The molecule has 0 aromatic carbocycles. The Morgan fingerprint density at radius 2 is 1.95 bits per heavy atom. The Labute approximate surface area is 236 Å². The average Bonchev–Trinajstić information content (AvgIpc) is 3.35. The highest BCUT2D eigenvalue weighted by Gasteiger charge is 2.47. The second kappa shape index (κ2) is 14.2. The predicted molar refractivity (Wildman–Crippen MR) is 153 cm³/mol. The van der Waals surface area contributed by atoms with E-state index in [2.05, 4.69) is 26.3 Å². The number of carbonyl (C=O) groups excluding carboxylic acids is 2. The highest BCUT2D eigenvalue weighted by molar-refractivity contribution is 5.93. The molecule has 2 amide bonds. The fourth-order valence-corrected chi connectivity index (χ4v) is 4.55. The molecule has 0 radical (unpaired) electrons. The molecule has 0 bridgehead atoms. The number of morpholine rings is 1. The van der Waals surface area contributed by atoms with E-state index in [1.165, 1.54) is 4.90 Å². The van der Waals surface area contributed by atoms with Gasteiger partial charge in [0, 0.05) is 44.2 Å². The molecule has 3 unspecified atom stereocenters. The van der Waals surface area contributed by atoms with Crippen LogP contribution < -0.4 is 10.2 Å². The molecule has 4 rings (SSSR count). The molecule has 2 fully saturated rings. The number of amides is 2. The molecule has 10 nitrogen and oxygen atoms in total. The van der Waals surface area contributed by atoms with E-state index in [4.69, 9.17) is 9.47 Å². The number of hydrogen-bond acceptors (Lipinski definition) is 8. The summed E-state index contributed by atoms with van der Waals surface area (Å²) in [7, 11) is 0. The lowest BCUT2D eigenvalue weighted by Crippen LogP contribution is -2.53. The third-order valence-corrected chi connectivity index (χ3v) is 6.17. The minimum atomic E-state index is -2.18. The number of nitrogens with one attached hydrogen (secondary N) is 1. The molecule has 2 aliphatic heterocycles. The fraction of sp³-hybridized carbons (Fsp3) is 0.621. The van der Waals surface area contributed by atoms with Crippen LogP contribution >= 0.6 is 0 Å². The molecule has 2 aliphatic rings. The number of aromatic nitrogens is 2. The maximum Gasteiger partial charge on any atom is 0.410 e. The molecular weight excluding hydrogens is 515 g/mol. The molecule has 4 heterocycles. The maximum absolute atomic E-state index is 15.4. The Kier molecular flexibility index (Phi) is 11.6. The molecule has 11 heteroatoms. The third-order valence-electron chi connectivity index (χ3n) is 6.17. The van der Waals surface area contributed by atoms with Crippen LogP contribution in [-0.2, 0) is 14.3 Å². The van der Waals surface area contributed by atoms with Crippen molar-refractivity contribution in [1.29, 1.82) is 5.26 Å². The number of halogens is 1. The molecule has 0 saturated carbocycles. The molecular formula is C29H43FN6O4. The smallest absolute Gasteiger partial charge is 0.410 e.